The summed E-state index contributed by atoms with van der Waals surface area (Å²) in [6.45, 7) is 3.21. The van der Waals surface area contributed by atoms with E-state index >= 15 is 0 Å². The van der Waals surface area contributed by atoms with Gasteiger partial charge in [-0.2, -0.15) is 0 Å². The van der Waals surface area contributed by atoms with Gasteiger partial charge in [-0.1, -0.05) is 164 Å². The third-order valence-corrected chi connectivity index (χ3v) is 14.3. The second-order valence-electron chi connectivity index (χ2n) is 20.1. The molecule has 0 aromatic heterocycles. The summed E-state index contributed by atoms with van der Waals surface area (Å²) >= 11 is 0. The number of benzene rings is 6. The Balaban J connectivity index is 1.14. The number of methoxy groups -OCH3 is 1. The Morgan fingerprint density at radius 1 is 0.463 bits per heavy atom. The van der Waals surface area contributed by atoms with Crippen molar-refractivity contribution in [3.8, 4) is 5.75 Å². The van der Waals surface area contributed by atoms with E-state index < -0.39 is 105 Å². The van der Waals surface area contributed by atoms with E-state index in [-0.39, 0.29) is 46.2 Å². The molecular formula is C63H73NO16. The fourth-order valence-corrected chi connectivity index (χ4v) is 10.1. The molecule has 0 saturated carbocycles. The maximum absolute atomic E-state index is 12.8. The van der Waals surface area contributed by atoms with Crippen molar-refractivity contribution in [2.24, 2.45) is 0 Å². The Morgan fingerprint density at radius 2 is 0.887 bits per heavy atom. The Labute approximate surface area is 467 Å². The van der Waals surface area contributed by atoms with Gasteiger partial charge >= 0.3 is 0 Å². The van der Waals surface area contributed by atoms with Gasteiger partial charge in [-0.05, 0) is 52.4 Å². The van der Waals surface area contributed by atoms with Crippen LogP contribution in [0.15, 0.2) is 176 Å². The molecule has 6 aromatic rings. The number of carbonyl (C=O) groups is 1. The third-order valence-electron chi connectivity index (χ3n) is 14.3. The molecule has 0 aliphatic carbocycles. The van der Waals surface area contributed by atoms with Crippen LogP contribution < -0.4 is 10.1 Å². The first-order valence-electron chi connectivity index (χ1n) is 27.1. The number of rotatable bonds is 26. The van der Waals surface area contributed by atoms with Gasteiger partial charge in [-0.25, -0.2) is 0 Å². The third kappa shape index (κ3) is 15.9. The Kier molecular flexibility index (Phi) is 21.8. The monoisotopic (exact) mass is 1100 g/mol. The molecule has 3 fully saturated rings. The van der Waals surface area contributed by atoms with Crippen LogP contribution in [0.3, 0.4) is 0 Å². The van der Waals surface area contributed by atoms with Crippen LogP contribution in [0.5, 0.6) is 5.75 Å². The molecule has 1 amide bonds. The van der Waals surface area contributed by atoms with Crippen molar-refractivity contribution in [3.63, 3.8) is 0 Å². The quantitative estimate of drug-likeness (QED) is 0.0434. The number of ether oxygens (including phenoxy) is 12. The minimum absolute atomic E-state index is 0.0589. The highest BCUT2D eigenvalue weighted by molar-refractivity contribution is 5.73. The van der Waals surface area contributed by atoms with Crippen LogP contribution in [0.1, 0.15) is 47.2 Å². The zero-order chi connectivity index (χ0) is 55.6. The molecule has 0 bridgehead atoms. The average molecular weight is 1100 g/mol. The van der Waals surface area contributed by atoms with Crippen LogP contribution in [-0.4, -0.2) is 134 Å². The standard InChI is InChI=1S/C63H73NO16/c1-41-55(71-35-44-21-11-5-12-22-44)58(60(74-38-47-27-17-8-18-28-47)62(76-41)75-39-48-29-31-49(69-3)32-30-48)80-63-59(73-37-46-25-15-7-16-26-46)57(72-36-45-23-13-6-14-24-45)56(51(78-63)40-70-34-43-19-9-4-10-20-43)79-61-52(64-42(2)66)54(68)53(67)50(33-65)77-61/h4-32,41,50-63,65,67-68H,33-40H2,1-3H3,(H,64,66)/t41-,50+,51+,52-,53+,54+,55-,56+,57-,58+,59+,60+,61-,62+,63+/m0/s1. The largest absolute Gasteiger partial charge is 0.497 e. The first-order chi connectivity index (χ1) is 39.1. The van der Waals surface area contributed by atoms with Gasteiger partial charge in [0.1, 0.15) is 72.8 Å². The highest BCUT2D eigenvalue weighted by Crippen LogP contribution is 2.38. The van der Waals surface area contributed by atoms with Crippen molar-refractivity contribution < 1.29 is 77.0 Å². The lowest BCUT2D eigenvalue weighted by Gasteiger charge is -2.51. The molecule has 17 nitrogen and oxygen atoms in total. The first-order valence-corrected chi connectivity index (χ1v) is 27.1. The van der Waals surface area contributed by atoms with Crippen LogP contribution in [0.4, 0.5) is 0 Å². The molecule has 4 N–H and O–H groups in total. The molecule has 3 saturated heterocycles. The first kappa shape index (κ1) is 58.7. The lowest BCUT2D eigenvalue weighted by molar-refractivity contribution is -0.387. The van der Waals surface area contributed by atoms with Gasteiger partial charge in [-0.15, -0.1) is 0 Å². The van der Waals surface area contributed by atoms with Gasteiger partial charge in [-0.3, -0.25) is 4.79 Å². The van der Waals surface area contributed by atoms with Gasteiger partial charge in [0.2, 0.25) is 5.91 Å². The number of aliphatic hydroxyl groups excluding tert-OH is 3. The maximum atomic E-state index is 12.8. The average Bonchev–Trinajstić information content (AvgIpc) is 3.67. The number of hydrogen-bond acceptors (Lipinski definition) is 16. The van der Waals surface area contributed by atoms with Crippen LogP contribution >= 0.6 is 0 Å². The summed E-state index contributed by atoms with van der Waals surface area (Å²) < 4.78 is 81.4. The van der Waals surface area contributed by atoms with Crippen LogP contribution in [0, 0.1) is 0 Å². The maximum Gasteiger partial charge on any atom is 0.217 e. The summed E-state index contributed by atoms with van der Waals surface area (Å²) in [7, 11) is 1.62. The van der Waals surface area contributed by atoms with E-state index in [1.807, 2.05) is 183 Å². The summed E-state index contributed by atoms with van der Waals surface area (Å²) in [6, 6.07) is 54.7. The molecule has 3 heterocycles. The van der Waals surface area contributed by atoms with E-state index in [1.54, 1.807) is 7.11 Å². The zero-order valence-corrected chi connectivity index (χ0v) is 45.2. The highest BCUT2D eigenvalue weighted by Gasteiger charge is 2.56. The molecule has 0 unspecified atom stereocenters. The van der Waals surface area contributed by atoms with Gasteiger partial charge in [0, 0.05) is 6.92 Å². The van der Waals surface area contributed by atoms with Gasteiger partial charge in [0.15, 0.2) is 18.9 Å². The topological polar surface area (TPSA) is 201 Å². The lowest BCUT2D eigenvalue weighted by atomic mass is 9.94. The SMILES string of the molecule is COc1ccc(CO[C@@H]2O[C@@H](C)[C@H](OCc3ccccc3)[C@@H](O[C@H]3O[C@H](COCc4ccccc4)[C@@H](O[C@@H]4O[C@H](CO)[C@@H](O)[C@H](O)[C@@H]4NC(C)=O)[C@H](OCc4ccccc4)[C@H]3OCc3ccccc3)[C@H]2OCc2ccccc2)cc1. The summed E-state index contributed by atoms with van der Waals surface area (Å²) in [6.07, 6.45) is -16.2. The second kappa shape index (κ2) is 29.7. The van der Waals surface area contributed by atoms with Gasteiger partial charge in [0.25, 0.3) is 0 Å². The molecule has 0 spiro atoms. The van der Waals surface area contributed by atoms with E-state index in [0.717, 1.165) is 33.4 Å². The van der Waals surface area contributed by atoms with Crippen LogP contribution in [0.2, 0.25) is 0 Å². The summed E-state index contributed by atoms with van der Waals surface area (Å²) in [4.78, 5) is 12.8. The molecule has 426 valence electrons. The number of hydrogen-bond donors (Lipinski definition) is 4. The van der Waals surface area contributed by atoms with Crippen LogP contribution in [0.25, 0.3) is 0 Å². The summed E-state index contributed by atoms with van der Waals surface area (Å²) in [5, 5.41) is 35.8. The predicted octanol–water partition coefficient (Wildman–Crippen LogP) is 6.95. The van der Waals surface area contributed by atoms with Crippen molar-refractivity contribution >= 4 is 5.91 Å². The van der Waals surface area contributed by atoms with Crippen molar-refractivity contribution in [1.82, 2.24) is 5.32 Å². The summed E-state index contributed by atoms with van der Waals surface area (Å²) in [5.74, 6) is 0.179. The van der Waals surface area contributed by atoms with E-state index in [9.17, 15) is 20.1 Å². The molecule has 0 radical (unpaired) electrons. The van der Waals surface area contributed by atoms with Crippen LogP contribution in [-0.2, 0) is 96.5 Å². The normalized spacial score (nSPS) is 28.7. The van der Waals surface area contributed by atoms with Crippen molar-refractivity contribution in [2.45, 2.75) is 146 Å². The Morgan fingerprint density at radius 3 is 1.38 bits per heavy atom. The van der Waals surface area contributed by atoms with E-state index in [1.165, 1.54) is 6.92 Å². The smallest absolute Gasteiger partial charge is 0.217 e. The minimum atomic E-state index is -1.62. The van der Waals surface area contributed by atoms with Gasteiger partial charge in [0.05, 0.1) is 66.1 Å². The van der Waals surface area contributed by atoms with Crippen molar-refractivity contribution in [3.05, 3.63) is 209 Å². The molecular weight excluding hydrogens is 1030 g/mol. The fraction of sp³-hybridized carbons (Fsp3) is 0.413. The molecule has 9 rings (SSSR count). The molecule has 3 aliphatic heterocycles. The van der Waals surface area contributed by atoms with Crippen molar-refractivity contribution in [2.75, 3.05) is 20.3 Å². The number of amides is 1. The van der Waals surface area contributed by atoms with E-state index in [2.05, 4.69) is 5.32 Å². The molecule has 6 aromatic carbocycles. The van der Waals surface area contributed by atoms with Crippen molar-refractivity contribution in [1.29, 1.82) is 0 Å². The molecule has 3 aliphatic rings. The lowest BCUT2D eigenvalue weighted by Crippen LogP contribution is -2.69. The second-order valence-corrected chi connectivity index (χ2v) is 20.1. The molecule has 17 heteroatoms. The van der Waals surface area contributed by atoms with E-state index in [0.29, 0.717) is 5.75 Å². The highest BCUT2D eigenvalue weighted by atomic mass is 16.8. The zero-order valence-electron chi connectivity index (χ0n) is 45.2. The number of carbonyl (C=O) groups excluding carboxylic acids is 1. The molecule has 80 heavy (non-hydrogen) atoms. The number of nitrogens with one attached hydrogen (secondary N) is 1. The fourth-order valence-electron chi connectivity index (χ4n) is 10.1. The molecule has 15 atom stereocenters. The number of aliphatic hydroxyl groups is 3. The minimum Gasteiger partial charge on any atom is -0.497 e. The predicted molar refractivity (Wildman–Crippen MR) is 292 cm³/mol. The van der Waals surface area contributed by atoms with E-state index in [4.69, 9.17) is 56.8 Å². The van der Waals surface area contributed by atoms with Gasteiger partial charge < -0.3 is 77.5 Å². The Hall–Kier alpha value is -5.97. The summed E-state index contributed by atoms with van der Waals surface area (Å²) in [5.41, 5.74) is 5.25. The Bertz CT molecular complexity index is 2720.